The fraction of sp³-hybridized carbons (Fsp3) is 0.500. The molecule has 2 aromatic heterocycles. The van der Waals surface area contributed by atoms with Crippen molar-refractivity contribution in [2.75, 3.05) is 18.4 Å². The van der Waals surface area contributed by atoms with Crippen molar-refractivity contribution in [3.63, 3.8) is 0 Å². The van der Waals surface area contributed by atoms with Crippen LogP contribution in [0, 0.1) is 0 Å². The van der Waals surface area contributed by atoms with Gasteiger partial charge in [-0.2, -0.15) is 4.98 Å². The van der Waals surface area contributed by atoms with Crippen molar-refractivity contribution < 1.29 is 4.79 Å². The highest BCUT2D eigenvalue weighted by atomic mass is 35.5. The van der Waals surface area contributed by atoms with Crippen LogP contribution >= 0.6 is 11.6 Å². The highest BCUT2D eigenvalue weighted by Crippen LogP contribution is 2.16. The smallest absolute Gasteiger partial charge is 0.242 e. The van der Waals surface area contributed by atoms with E-state index in [-0.39, 0.29) is 11.1 Å². The maximum Gasteiger partial charge on any atom is 0.242 e. The van der Waals surface area contributed by atoms with E-state index < -0.39 is 6.04 Å². The van der Waals surface area contributed by atoms with Gasteiger partial charge in [0.2, 0.25) is 11.9 Å². The molecular weight excluding hydrogens is 342 g/mol. The molecule has 0 spiro atoms. The fourth-order valence-electron chi connectivity index (χ4n) is 2.25. The van der Waals surface area contributed by atoms with Gasteiger partial charge in [0, 0.05) is 25.0 Å². The molecule has 2 rings (SSSR count). The summed E-state index contributed by atoms with van der Waals surface area (Å²) in [4.78, 5) is 25.0. The Bertz CT molecular complexity index is 663. The molecule has 1 unspecified atom stereocenters. The summed E-state index contributed by atoms with van der Waals surface area (Å²) in [5, 5.41) is 6.37. The normalized spacial score (nSPS) is 12.0. The van der Waals surface area contributed by atoms with Gasteiger partial charge in [0.25, 0.3) is 0 Å². The number of nitrogens with one attached hydrogen (secondary N) is 2. The number of rotatable bonds is 10. The number of carbonyl (C=O) groups is 1. The van der Waals surface area contributed by atoms with Crippen LogP contribution in [0.3, 0.4) is 0 Å². The first-order valence-electron chi connectivity index (χ1n) is 8.41. The van der Waals surface area contributed by atoms with Gasteiger partial charge in [0.05, 0.1) is 0 Å². The van der Waals surface area contributed by atoms with Crippen molar-refractivity contribution in [1.29, 1.82) is 0 Å². The number of hydrogen-bond donors (Lipinski definition) is 3. The Morgan fingerprint density at radius 2 is 2.24 bits per heavy atom. The number of amides is 1. The number of nitrogens with zero attached hydrogens (tertiary/aromatic N) is 4. The van der Waals surface area contributed by atoms with Crippen LogP contribution in [0.4, 0.5) is 5.82 Å². The average molecular weight is 366 g/mol. The van der Waals surface area contributed by atoms with E-state index >= 15 is 0 Å². The lowest BCUT2D eigenvalue weighted by molar-refractivity contribution is -0.122. The zero-order chi connectivity index (χ0) is 18.1. The maximum absolute atomic E-state index is 12.4. The molecule has 0 aromatic carbocycles. The number of carbonyl (C=O) groups excluding carboxylic acids is 1. The average Bonchev–Trinajstić information content (AvgIpc) is 3.13. The summed E-state index contributed by atoms with van der Waals surface area (Å²) in [6.45, 7) is 3.25. The van der Waals surface area contributed by atoms with Gasteiger partial charge >= 0.3 is 0 Å². The molecule has 2 heterocycles. The molecule has 0 aliphatic heterocycles. The van der Waals surface area contributed by atoms with Crippen LogP contribution in [0.5, 0.6) is 0 Å². The molecule has 1 atom stereocenters. The Labute approximate surface area is 152 Å². The number of imidazole rings is 1. The molecule has 0 fully saturated rings. The zero-order valence-electron chi connectivity index (χ0n) is 14.3. The van der Waals surface area contributed by atoms with Gasteiger partial charge in [-0.05, 0) is 25.8 Å². The molecule has 2 aromatic rings. The van der Waals surface area contributed by atoms with E-state index in [0.29, 0.717) is 31.3 Å². The van der Waals surface area contributed by atoms with Crippen molar-refractivity contribution >= 4 is 23.3 Å². The topological polar surface area (TPSA) is 111 Å². The number of aromatic nitrogens is 4. The molecule has 4 N–H and O–H groups in total. The number of anilines is 1. The van der Waals surface area contributed by atoms with Crippen molar-refractivity contribution in [3.8, 4) is 5.95 Å². The quantitative estimate of drug-likeness (QED) is 0.437. The summed E-state index contributed by atoms with van der Waals surface area (Å²) in [6.07, 6.45) is 8.24. The summed E-state index contributed by atoms with van der Waals surface area (Å²) in [7, 11) is 0. The Balaban J connectivity index is 2.12. The second kappa shape index (κ2) is 9.95. The summed E-state index contributed by atoms with van der Waals surface area (Å²) >= 11 is 6.09. The van der Waals surface area contributed by atoms with E-state index in [0.717, 1.165) is 19.3 Å². The largest absolute Gasteiger partial charge is 0.358 e. The molecule has 1 amide bonds. The van der Waals surface area contributed by atoms with Crippen molar-refractivity contribution in [2.45, 2.75) is 38.6 Å². The third-order valence-corrected chi connectivity index (χ3v) is 3.78. The Hall–Kier alpha value is -2.19. The van der Waals surface area contributed by atoms with Crippen LogP contribution in [0.1, 0.15) is 32.6 Å². The molecule has 25 heavy (non-hydrogen) atoms. The van der Waals surface area contributed by atoms with Gasteiger partial charge < -0.3 is 16.4 Å². The maximum atomic E-state index is 12.4. The van der Waals surface area contributed by atoms with E-state index in [1.807, 2.05) is 0 Å². The first-order valence-corrected chi connectivity index (χ1v) is 8.79. The van der Waals surface area contributed by atoms with E-state index in [2.05, 4.69) is 32.5 Å². The predicted molar refractivity (Wildman–Crippen MR) is 97.8 cm³/mol. The first-order chi connectivity index (χ1) is 12.1. The zero-order valence-corrected chi connectivity index (χ0v) is 15.0. The van der Waals surface area contributed by atoms with E-state index in [9.17, 15) is 4.79 Å². The lowest BCUT2D eigenvalue weighted by atomic mass is 10.1. The molecule has 0 saturated heterocycles. The first kappa shape index (κ1) is 19.1. The summed E-state index contributed by atoms with van der Waals surface area (Å²) in [5.74, 6) is 0.800. The van der Waals surface area contributed by atoms with E-state index in [4.69, 9.17) is 17.3 Å². The van der Waals surface area contributed by atoms with Gasteiger partial charge in [-0.3, -0.25) is 9.36 Å². The Kier molecular flexibility index (Phi) is 7.62. The van der Waals surface area contributed by atoms with Gasteiger partial charge in [-0.25, -0.2) is 9.97 Å². The van der Waals surface area contributed by atoms with E-state index in [1.54, 1.807) is 29.4 Å². The second-order valence-corrected chi connectivity index (χ2v) is 6.01. The standard InChI is InChI=1S/C16H24ClN7O/c1-2-3-7-20-15(25)12(5-4-6-18)21-14-10-13(17)22-16(23-14)24-9-8-19-11-24/h8-12H,2-7,18H2,1H3,(H,20,25)(H,21,22,23). The number of halogens is 1. The highest BCUT2D eigenvalue weighted by molar-refractivity contribution is 6.29. The molecule has 0 radical (unpaired) electrons. The molecule has 0 aliphatic carbocycles. The van der Waals surface area contributed by atoms with E-state index in [1.165, 1.54) is 0 Å². The lowest BCUT2D eigenvalue weighted by Gasteiger charge is -2.19. The number of unbranched alkanes of at least 4 members (excludes halogenated alkanes) is 1. The molecule has 136 valence electrons. The Morgan fingerprint density at radius 3 is 2.92 bits per heavy atom. The number of nitrogens with two attached hydrogens (primary N) is 1. The van der Waals surface area contributed by atoms with Gasteiger partial charge in [0.15, 0.2) is 0 Å². The van der Waals surface area contributed by atoms with Gasteiger partial charge in [-0.15, -0.1) is 0 Å². The Morgan fingerprint density at radius 1 is 1.40 bits per heavy atom. The second-order valence-electron chi connectivity index (χ2n) is 5.62. The monoisotopic (exact) mass is 365 g/mol. The van der Waals surface area contributed by atoms with Crippen molar-refractivity contribution in [1.82, 2.24) is 24.8 Å². The number of hydrogen-bond acceptors (Lipinski definition) is 6. The van der Waals surface area contributed by atoms with Crippen LogP contribution in [-0.4, -0.2) is 44.6 Å². The van der Waals surface area contributed by atoms with Gasteiger partial charge in [0.1, 0.15) is 23.3 Å². The van der Waals surface area contributed by atoms with Gasteiger partial charge in [-0.1, -0.05) is 24.9 Å². The summed E-state index contributed by atoms with van der Waals surface area (Å²) in [6, 6.07) is 1.17. The van der Waals surface area contributed by atoms with Crippen molar-refractivity contribution in [2.24, 2.45) is 5.73 Å². The van der Waals surface area contributed by atoms with Crippen LogP contribution in [0.2, 0.25) is 5.15 Å². The predicted octanol–water partition coefficient (Wildman–Crippen LogP) is 1.75. The van der Waals surface area contributed by atoms with Crippen LogP contribution in [-0.2, 0) is 4.79 Å². The third kappa shape index (κ3) is 5.99. The molecule has 0 saturated carbocycles. The summed E-state index contributed by atoms with van der Waals surface area (Å²) in [5.41, 5.74) is 5.59. The minimum atomic E-state index is -0.429. The third-order valence-electron chi connectivity index (χ3n) is 3.58. The highest BCUT2D eigenvalue weighted by Gasteiger charge is 2.18. The molecule has 8 nitrogen and oxygen atoms in total. The molecular formula is C16H24ClN7O. The van der Waals surface area contributed by atoms with Crippen LogP contribution < -0.4 is 16.4 Å². The molecule has 9 heteroatoms. The van der Waals surface area contributed by atoms with Crippen LogP contribution in [0.15, 0.2) is 24.8 Å². The van der Waals surface area contributed by atoms with Crippen LogP contribution in [0.25, 0.3) is 5.95 Å². The SMILES string of the molecule is CCCCNC(=O)C(CCCN)Nc1cc(Cl)nc(-n2ccnc2)n1. The molecule has 0 aliphatic rings. The fourth-order valence-corrected chi connectivity index (χ4v) is 2.43. The lowest BCUT2D eigenvalue weighted by Crippen LogP contribution is -2.40. The minimum Gasteiger partial charge on any atom is -0.358 e. The summed E-state index contributed by atoms with van der Waals surface area (Å²) < 4.78 is 1.65. The minimum absolute atomic E-state index is 0.0687. The van der Waals surface area contributed by atoms with Crippen molar-refractivity contribution in [3.05, 3.63) is 29.9 Å². The molecule has 0 bridgehead atoms.